The summed E-state index contributed by atoms with van der Waals surface area (Å²) in [6, 6.07) is 15.7. The Hall–Kier alpha value is -3.61. The molecular formula is C21H21N5O2. The summed E-state index contributed by atoms with van der Waals surface area (Å²) in [5.74, 6) is 0.758. The quantitative estimate of drug-likeness (QED) is 0.738. The van der Waals surface area contributed by atoms with Gasteiger partial charge in [-0.2, -0.15) is 10.2 Å². The van der Waals surface area contributed by atoms with Crippen LogP contribution in [0.5, 0.6) is 5.75 Å². The van der Waals surface area contributed by atoms with Crippen molar-refractivity contribution in [1.29, 1.82) is 0 Å². The van der Waals surface area contributed by atoms with E-state index in [9.17, 15) is 4.79 Å². The van der Waals surface area contributed by atoms with Gasteiger partial charge < -0.3 is 10.1 Å². The van der Waals surface area contributed by atoms with E-state index in [1.54, 1.807) is 20.4 Å². The summed E-state index contributed by atoms with van der Waals surface area (Å²) in [5, 5.41) is 15.8. The van der Waals surface area contributed by atoms with Crippen LogP contribution in [0.1, 0.15) is 16.7 Å². The molecule has 0 radical (unpaired) electrons. The molecule has 7 heteroatoms. The number of nitrogens with one attached hydrogen (secondary N) is 2. The molecule has 1 aromatic heterocycles. The van der Waals surface area contributed by atoms with Crippen LogP contribution in [0.25, 0.3) is 11.3 Å². The van der Waals surface area contributed by atoms with Crippen molar-refractivity contribution >= 4 is 11.7 Å². The highest BCUT2D eigenvalue weighted by Crippen LogP contribution is 2.26. The Morgan fingerprint density at radius 3 is 2.61 bits per heavy atom. The third-order valence-electron chi connectivity index (χ3n) is 4.80. The van der Waals surface area contributed by atoms with Gasteiger partial charge in [0.1, 0.15) is 5.75 Å². The zero-order chi connectivity index (χ0) is 19.5. The number of aromatic nitrogens is 2. The molecule has 0 saturated carbocycles. The highest BCUT2D eigenvalue weighted by atomic mass is 16.5. The number of amides is 2. The number of fused-ring (bicyclic) bond motifs is 1. The standard InChI is InChI=1S/C21H21N5O2/c1-22-21(27)26-12-10-14-7-8-17(28-2)13-18(14)20(25-26)16-5-3-15(4-6-16)19-9-11-23-24-19/h3-9,11,13H,10,12H2,1-2H3,(H,22,27)(H,23,24). The molecule has 7 nitrogen and oxygen atoms in total. The van der Waals surface area contributed by atoms with E-state index in [1.165, 1.54) is 5.01 Å². The van der Waals surface area contributed by atoms with Gasteiger partial charge in [0.2, 0.25) is 0 Å². The van der Waals surface area contributed by atoms with Crippen LogP contribution in [-0.4, -0.2) is 47.7 Å². The van der Waals surface area contributed by atoms with Crippen molar-refractivity contribution in [2.45, 2.75) is 6.42 Å². The second kappa shape index (κ2) is 7.56. The average Bonchev–Trinajstić information content (AvgIpc) is 3.22. The van der Waals surface area contributed by atoms with Gasteiger partial charge >= 0.3 is 6.03 Å². The lowest BCUT2D eigenvalue weighted by molar-refractivity contribution is 0.203. The molecule has 1 aliphatic heterocycles. The number of carbonyl (C=O) groups excluding carboxylic acids is 1. The van der Waals surface area contributed by atoms with Crippen molar-refractivity contribution in [1.82, 2.24) is 20.5 Å². The van der Waals surface area contributed by atoms with E-state index in [4.69, 9.17) is 4.74 Å². The van der Waals surface area contributed by atoms with Crippen LogP contribution >= 0.6 is 0 Å². The molecule has 1 aliphatic rings. The highest BCUT2D eigenvalue weighted by molar-refractivity contribution is 6.14. The molecule has 0 fully saturated rings. The lowest BCUT2D eigenvalue weighted by Gasteiger charge is -2.15. The average molecular weight is 375 g/mol. The monoisotopic (exact) mass is 375 g/mol. The number of urea groups is 1. The first-order valence-corrected chi connectivity index (χ1v) is 9.05. The van der Waals surface area contributed by atoms with E-state index in [0.717, 1.165) is 39.4 Å². The maximum Gasteiger partial charge on any atom is 0.337 e. The van der Waals surface area contributed by atoms with E-state index in [2.05, 4.69) is 20.6 Å². The summed E-state index contributed by atoms with van der Waals surface area (Å²) in [6.45, 7) is 0.509. The Labute approximate surface area is 163 Å². The molecule has 0 bridgehead atoms. The number of hydrazone groups is 1. The van der Waals surface area contributed by atoms with Gasteiger partial charge in [0.05, 0.1) is 25.1 Å². The van der Waals surface area contributed by atoms with Crippen LogP contribution in [0.2, 0.25) is 0 Å². The van der Waals surface area contributed by atoms with Gasteiger partial charge in [-0.25, -0.2) is 9.80 Å². The Balaban J connectivity index is 1.80. The van der Waals surface area contributed by atoms with E-state index in [1.807, 2.05) is 48.5 Å². The molecule has 2 heterocycles. The van der Waals surface area contributed by atoms with Crippen LogP contribution in [0.15, 0.2) is 59.8 Å². The Morgan fingerprint density at radius 2 is 1.93 bits per heavy atom. The molecule has 3 aromatic rings. The van der Waals surface area contributed by atoms with Crippen molar-refractivity contribution in [3.05, 3.63) is 71.4 Å². The lowest BCUT2D eigenvalue weighted by atomic mass is 9.95. The summed E-state index contributed by atoms with van der Waals surface area (Å²) in [6.07, 6.45) is 2.44. The fraction of sp³-hybridized carbons (Fsp3) is 0.190. The molecule has 2 aromatic carbocycles. The van der Waals surface area contributed by atoms with Gasteiger partial charge in [0.15, 0.2) is 0 Å². The molecule has 0 atom stereocenters. The van der Waals surface area contributed by atoms with Gasteiger partial charge in [-0.05, 0) is 35.7 Å². The number of carbonyl (C=O) groups is 1. The second-order valence-corrected chi connectivity index (χ2v) is 6.45. The van der Waals surface area contributed by atoms with Crippen LogP contribution in [-0.2, 0) is 6.42 Å². The van der Waals surface area contributed by atoms with Crippen LogP contribution in [0.4, 0.5) is 4.79 Å². The fourth-order valence-electron chi connectivity index (χ4n) is 3.29. The van der Waals surface area contributed by atoms with E-state index < -0.39 is 0 Å². The minimum absolute atomic E-state index is 0.230. The number of hydrogen-bond donors (Lipinski definition) is 2. The number of methoxy groups -OCH3 is 1. The predicted octanol–water partition coefficient (Wildman–Crippen LogP) is 3.04. The third-order valence-corrected chi connectivity index (χ3v) is 4.80. The van der Waals surface area contributed by atoms with Gasteiger partial charge in [0.25, 0.3) is 0 Å². The summed E-state index contributed by atoms with van der Waals surface area (Å²) in [4.78, 5) is 12.3. The number of rotatable bonds is 3. The van der Waals surface area contributed by atoms with Gasteiger partial charge in [-0.1, -0.05) is 30.3 Å². The number of ether oxygens (including phenoxy) is 1. The van der Waals surface area contributed by atoms with Gasteiger partial charge in [-0.3, -0.25) is 5.10 Å². The lowest BCUT2D eigenvalue weighted by Crippen LogP contribution is -2.35. The molecule has 0 unspecified atom stereocenters. The summed E-state index contributed by atoms with van der Waals surface area (Å²) >= 11 is 0. The van der Waals surface area contributed by atoms with Crippen molar-refractivity contribution in [2.75, 3.05) is 20.7 Å². The number of benzene rings is 2. The molecule has 0 aliphatic carbocycles. The third kappa shape index (κ3) is 3.34. The first-order valence-electron chi connectivity index (χ1n) is 9.05. The molecule has 2 amide bonds. The minimum Gasteiger partial charge on any atom is -0.497 e. The Kier molecular flexibility index (Phi) is 4.80. The number of H-pyrrole nitrogens is 1. The maximum absolute atomic E-state index is 12.3. The topological polar surface area (TPSA) is 82.6 Å². The van der Waals surface area contributed by atoms with E-state index >= 15 is 0 Å². The van der Waals surface area contributed by atoms with Crippen LogP contribution < -0.4 is 10.1 Å². The van der Waals surface area contributed by atoms with E-state index in [0.29, 0.717) is 13.0 Å². The number of nitrogens with zero attached hydrogens (tertiary/aromatic N) is 3. The van der Waals surface area contributed by atoms with Crippen LogP contribution in [0.3, 0.4) is 0 Å². The largest absolute Gasteiger partial charge is 0.497 e. The molecule has 142 valence electrons. The van der Waals surface area contributed by atoms with Crippen molar-refractivity contribution in [2.24, 2.45) is 5.10 Å². The Bertz CT molecular complexity index is 1010. The minimum atomic E-state index is -0.230. The molecular weight excluding hydrogens is 354 g/mol. The summed E-state index contributed by atoms with van der Waals surface area (Å²) in [5.41, 5.74) is 5.75. The van der Waals surface area contributed by atoms with Gasteiger partial charge in [-0.15, -0.1) is 0 Å². The summed E-state index contributed by atoms with van der Waals surface area (Å²) in [7, 11) is 3.25. The highest BCUT2D eigenvalue weighted by Gasteiger charge is 2.22. The van der Waals surface area contributed by atoms with E-state index in [-0.39, 0.29) is 6.03 Å². The smallest absolute Gasteiger partial charge is 0.337 e. The molecule has 2 N–H and O–H groups in total. The maximum atomic E-state index is 12.3. The first-order chi connectivity index (χ1) is 13.7. The summed E-state index contributed by atoms with van der Waals surface area (Å²) < 4.78 is 5.41. The SMILES string of the molecule is CNC(=O)N1CCc2ccc(OC)cc2C(c2ccc(-c3ccn[nH]3)cc2)=N1. The normalized spacial score (nSPS) is 13.4. The zero-order valence-corrected chi connectivity index (χ0v) is 15.8. The van der Waals surface area contributed by atoms with Crippen molar-refractivity contribution in [3.8, 4) is 17.0 Å². The molecule has 0 saturated heterocycles. The van der Waals surface area contributed by atoms with Crippen molar-refractivity contribution < 1.29 is 9.53 Å². The van der Waals surface area contributed by atoms with Crippen LogP contribution in [0, 0.1) is 0 Å². The molecule has 0 spiro atoms. The predicted molar refractivity (Wildman–Crippen MR) is 108 cm³/mol. The number of aromatic amines is 1. The number of hydrogen-bond acceptors (Lipinski definition) is 4. The molecule has 28 heavy (non-hydrogen) atoms. The van der Waals surface area contributed by atoms with Gasteiger partial charge in [0, 0.05) is 24.4 Å². The van der Waals surface area contributed by atoms with Crippen molar-refractivity contribution in [3.63, 3.8) is 0 Å². The second-order valence-electron chi connectivity index (χ2n) is 6.45. The zero-order valence-electron chi connectivity index (χ0n) is 15.8. The first kappa shape index (κ1) is 17.8. The fourth-order valence-corrected chi connectivity index (χ4v) is 3.29. The Morgan fingerprint density at radius 1 is 1.14 bits per heavy atom. The molecule has 4 rings (SSSR count).